The van der Waals surface area contributed by atoms with Crippen LogP contribution in [-0.2, 0) is 14.3 Å². The van der Waals surface area contributed by atoms with Gasteiger partial charge >= 0.3 is 11.9 Å². The molecule has 0 saturated carbocycles. The van der Waals surface area contributed by atoms with Gasteiger partial charge in [0.15, 0.2) is 0 Å². The molecule has 0 aliphatic carbocycles. The summed E-state index contributed by atoms with van der Waals surface area (Å²) in [5.41, 5.74) is 2.89. The Kier molecular flexibility index (Phi) is 7.71. The highest BCUT2D eigenvalue weighted by atomic mass is 35.5. The van der Waals surface area contributed by atoms with E-state index in [0.717, 1.165) is 37.4 Å². The zero-order chi connectivity index (χ0) is 23.3. The van der Waals surface area contributed by atoms with E-state index in [1.807, 2.05) is 18.2 Å². The molecule has 1 saturated heterocycles. The van der Waals surface area contributed by atoms with E-state index in [4.69, 9.17) is 21.1 Å². The molecule has 1 amide bonds. The minimum absolute atomic E-state index is 0.149. The van der Waals surface area contributed by atoms with E-state index < -0.39 is 11.9 Å². The third kappa shape index (κ3) is 5.77. The van der Waals surface area contributed by atoms with Crippen LogP contribution in [0, 0.1) is 6.92 Å². The Labute approximate surface area is 192 Å². The highest BCUT2D eigenvalue weighted by Crippen LogP contribution is 2.25. The lowest BCUT2D eigenvalue weighted by atomic mass is 10.1. The number of nitrogens with one attached hydrogen (secondary N) is 1. The van der Waals surface area contributed by atoms with Gasteiger partial charge in [-0.3, -0.25) is 9.69 Å². The largest absolute Gasteiger partial charge is 0.465 e. The Morgan fingerprint density at radius 3 is 2.09 bits per heavy atom. The first kappa shape index (κ1) is 23.6. The van der Waals surface area contributed by atoms with E-state index in [0.29, 0.717) is 10.7 Å². The molecule has 170 valence electrons. The molecule has 1 fully saturated rings. The third-order valence-electron chi connectivity index (χ3n) is 5.31. The molecular weight excluding hydrogens is 434 g/mol. The SMILES string of the molecule is COC(=O)c1cc(NC(=O)CN2CCN(c3cc(Cl)ccc3C)CC2)cc(C(=O)OC)c1. The fourth-order valence-corrected chi connectivity index (χ4v) is 3.81. The fourth-order valence-electron chi connectivity index (χ4n) is 3.64. The number of carbonyl (C=O) groups excluding carboxylic acids is 3. The third-order valence-corrected chi connectivity index (χ3v) is 5.55. The monoisotopic (exact) mass is 459 g/mol. The molecule has 8 nitrogen and oxygen atoms in total. The van der Waals surface area contributed by atoms with E-state index in [-0.39, 0.29) is 23.6 Å². The van der Waals surface area contributed by atoms with Crippen LogP contribution in [0.2, 0.25) is 5.02 Å². The van der Waals surface area contributed by atoms with E-state index in [1.165, 1.54) is 32.4 Å². The molecule has 0 aromatic heterocycles. The number of methoxy groups -OCH3 is 2. The lowest BCUT2D eigenvalue weighted by molar-refractivity contribution is -0.117. The molecule has 32 heavy (non-hydrogen) atoms. The number of ether oxygens (including phenoxy) is 2. The van der Waals surface area contributed by atoms with Crippen molar-refractivity contribution in [1.82, 2.24) is 4.90 Å². The van der Waals surface area contributed by atoms with Gasteiger partial charge in [-0.15, -0.1) is 0 Å². The van der Waals surface area contributed by atoms with Crippen molar-refractivity contribution in [1.29, 1.82) is 0 Å². The predicted octanol–water partition coefficient (Wildman–Crippen LogP) is 2.98. The number of halogens is 1. The van der Waals surface area contributed by atoms with Gasteiger partial charge < -0.3 is 19.7 Å². The Balaban J connectivity index is 1.62. The van der Waals surface area contributed by atoms with Crippen molar-refractivity contribution in [3.05, 3.63) is 58.1 Å². The molecule has 3 rings (SSSR count). The highest BCUT2D eigenvalue weighted by Gasteiger charge is 2.21. The molecule has 1 aliphatic rings. The van der Waals surface area contributed by atoms with Gasteiger partial charge in [0, 0.05) is 42.6 Å². The zero-order valence-electron chi connectivity index (χ0n) is 18.3. The summed E-state index contributed by atoms with van der Waals surface area (Å²) < 4.78 is 9.45. The van der Waals surface area contributed by atoms with Gasteiger partial charge in [-0.05, 0) is 42.8 Å². The summed E-state index contributed by atoms with van der Waals surface area (Å²) in [4.78, 5) is 40.8. The van der Waals surface area contributed by atoms with Crippen LogP contribution in [0.25, 0.3) is 0 Å². The molecule has 0 spiro atoms. The Morgan fingerprint density at radius 1 is 0.938 bits per heavy atom. The van der Waals surface area contributed by atoms with Gasteiger partial charge in [-0.2, -0.15) is 0 Å². The van der Waals surface area contributed by atoms with Gasteiger partial charge in [0.05, 0.1) is 31.9 Å². The molecule has 0 atom stereocenters. The molecule has 0 unspecified atom stereocenters. The standard InChI is InChI=1S/C23H26ClN3O5/c1-15-4-5-18(24)13-20(15)27-8-6-26(7-9-27)14-21(28)25-19-11-16(22(29)31-2)10-17(12-19)23(30)32-3/h4-5,10-13H,6-9,14H2,1-3H3,(H,25,28). The van der Waals surface area contributed by atoms with Crippen LogP contribution < -0.4 is 10.2 Å². The quantitative estimate of drug-likeness (QED) is 0.664. The van der Waals surface area contributed by atoms with Gasteiger partial charge in [0.1, 0.15) is 0 Å². The molecular formula is C23H26ClN3O5. The Morgan fingerprint density at radius 2 is 1.53 bits per heavy atom. The number of amides is 1. The normalized spacial score (nSPS) is 14.1. The Hall–Kier alpha value is -3.10. The first-order valence-corrected chi connectivity index (χ1v) is 10.5. The topological polar surface area (TPSA) is 88.2 Å². The van der Waals surface area contributed by atoms with Gasteiger partial charge in [0.2, 0.25) is 5.91 Å². The maximum absolute atomic E-state index is 12.6. The second kappa shape index (κ2) is 10.5. The number of carbonyl (C=O) groups is 3. The minimum atomic E-state index is -0.612. The number of hydrogen-bond donors (Lipinski definition) is 1. The van der Waals surface area contributed by atoms with Crippen molar-refractivity contribution in [3.63, 3.8) is 0 Å². The first-order chi connectivity index (χ1) is 15.3. The highest BCUT2D eigenvalue weighted by molar-refractivity contribution is 6.30. The van der Waals surface area contributed by atoms with Crippen LogP contribution in [0.3, 0.4) is 0 Å². The number of anilines is 2. The van der Waals surface area contributed by atoms with Crippen LogP contribution in [0.4, 0.5) is 11.4 Å². The van der Waals surface area contributed by atoms with E-state index in [1.54, 1.807) is 0 Å². The summed E-state index contributed by atoms with van der Waals surface area (Å²) >= 11 is 6.14. The number of nitrogens with zero attached hydrogens (tertiary/aromatic N) is 2. The van der Waals surface area contributed by atoms with Crippen LogP contribution >= 0.6 is 11.6 Å². The second-order valence-corrected chi connectivity index (χ2v) is 7.96. The van der Waals surface area contributed by atoms with Gasteiger partial charge in [-0.1, -0.05) is 17.7 Å². The van der Waals surface area contributed by atoms with Crippen LogP contribution in [0.1, 0.15) is 26.3 Å². The van der Waals surface area contributed by atoms with E-state index in [2.05, 4.69) is 22.0 Å². The zero-order valence-corrected chi connectivity index (χ0v) is 19.1. The molecule has 0 bridgehead atoms. The van der Waals surface area contributed by atoms with Crippen molar-refractivity contribution in [2.45, 2.75) is 6.92 Å². The summed E-state index contributed by atoms with van der Waals surface area (Å²) in [5, 5.41) is 3.46. The Bertz CT molecular complexity index is 984. The summed E-state index contributed by atoms with van der Waals surface area (Å²) in [7, 11) is 2.49. The van der Waals surface area contributed by atoms with Gasteiger partial charge in [-0.25, -0.2) is 9.59 Å². The van der Waals surface area contributed by atoms with Crippen molar-refractivity contribution in [2.75, 3.05) is 57.2 Å². The molecule has 1 heterocycles. The van der Waals surface area contributed by atoms with Crippen molar-refractivity contribution < 1.29 is 23.9 Å². The second-order valence-electron chi connectivity index (χ2n) is 7.52. The molecule has 2 aromatic rings. The lowest BCUT2D eigenvalue weighted by Gasteiger charge is -2.36. The maximum Gasteiger partial charge on any atom is 0.337 e. The van der Waals surface area contributed by atoms with Crippen LogP contribution in [0.15, 0.2) is 36.4 Å². The van der Waals surface area contributed by atoms with Crippen LogP contribution in [-0.4, -0.2) is 69.7 Å². The van der Waals surface area contributed by atoms with Crippen LogP contribution in [0.5, 0.6) is 0 Å². The van der Waals surface area contributed by atoms with Crippen molar-refractivity contribution in [3.8, 4) is 0 Å². The number of hydrogen-bond acceptors (Lipinski definition) is 7. The average molecular weight is 460 g/mol. The summed E-state index contributed by atoms with van der Waals surface area (Å²) in [6.45, 7) is 5.23. The maximum atomic E-state index is 12.6. The molecule has 2 aromatic carbocycles. The summed E-state index contributed by atoms with van der Waals surface area (Å²) in [5.74, 6) is -1.47. The lowest BCUT2D eigenvalue weighted by Crippen LogP contribution is -2.48. The predicted molar refractivity (Wildman–Crippen MR) is 123 cm³/mol. The molecule has 1 aliphatic heterocycles. The van der Waals surface area contributed by atoms with Crippen molar-refractivity contribution >= 4 is 40.8 Å². The van der Waals surface area contributed by atoms with Gasteiger partial charge in [0.25, 0.3) is 0 Å². The number of benzene rings is 2. The number of esters is 2. The summed E-state index contributed by atoms with van der Waals surface area (Å²) in [6.07, 6.45) is 0. The number of piperazine rings is 1. The van der Waals surface area contributed by atoms with E-state index in [9.17, 15) is 14.4 Å². The minimum Gasteiger partial charge on any atom is -0.465 e. The number of rotatable bonds is 6. The molecule has 1 N–H and O–H groups in total. The smallest absolute Gasteiger partial charge is 0.337 e. The summed E-state index contributed by atoms with van der Waals surface area (Å²) in [6, 6.07) is 10.1. The fraction of sp³-hybridized carbons (Fsp3) is 0.348. The molecule has 0 radical (unpaired) electrons. The van der Waals surface area contributed by atoms with E-state index >= 15 is 0 Å². The average Bonchev–Trinajstić information content (AvgIpc) is 2.79. The molecule has 9 heteroatoms. The first-order valence-electron chi connectivity index (χ1n) is 10.2. The number of aryl methyl sites for hydroxylation is 1. The van der Waals surface area contributed by atoms with Crippen molar-refractivity contribution in [2.24, 2.45) is 0 Å².